The normalized spacial score (nSPS) is 31.1. The van der Waals surface area contributed by atoms with Crippen molar-refractivity contribution >= 4 is 0 Å². The van der Waals surface area contributed by atoms with Crippen molar-refractivity contribution in [3.63, 3.8) is 0 Å². The Bertz CT molecular complexity index is 134. The Morgan fingerprint density at radius 2 is 2.18 bits per heavy atom. The van der Waals surface area contributed by atoms with Gasteiger partial charge >= 0.3 is 0 Å². The molecule has 1 rings (SSSR count). The first kappa shape index (κ1) is 8.97. The molecule has 0 bridgehead atoms. The molecule has 11 heavy (non-hydrogen) atoms. The first-order chi connectivity index (χ1) is 5.09. The maximum Gasteiger partial charge on any atom is 0.0730 e. The van der Waals surface area contributed by atoms with Crippen LogP contribution in [0.25, 0.3) is 0 Å². The number of β-amino-alcohol motifs (C(OH)–C–C–N with tert-alkyl or cyclic N) is 1. The van der Waals surface area contributed by atoms with E-state index in [0.717, 1.165) is 13.0 Å². The molecule has 2 N–H and O–H groups in total. The number of rotatable bonds is 2. The zero-order valence-electron chi connectivity index (χ0n) is 7.25. The van der Waals surface area contributed by atoms with Crippen molar-refractivity contribution in [3.8, 4) is 0 Å². The first-order valence-corrected chi connectivity index (χ1v) is 4.13. The highest BCUT2D eigenvalue weighted by Crippen LogP contribution is 2.27. The molecule has 3 nitrogen and oxygen atoms in total. The number of hydrogen-bond acceptors (Lipinski definition) is 3. The SMILES string of the molecule is CC1(C)C(O)CCN1CCO. The predicted molar refractivity (Wildman–Crippen MR) is 43.4 cm³/mol. The highest BCUT2D eigenvalue weighted by atomic mass is 16.3. The Labute approximate surface area is 67.6 Å². The van der Waals surface area contributed by atoms with Gasteiger partial charge in [0.1, 0.15) is 0 Å². The van der Waals surface area contributed by atoms with Crippen LogP contribution in [-0.2, 0) is 0 Å². The summed E-state index contributed by atoms with van der Waals surface area (Å²) >= 11 is 0. The zero-order chi connectivity index (χ0) is 8.48. The molecule has 1 unspecified atom stereocenters. The minimum atomic E-state index is -0.242. The Kier molecular flexibility index (Phi) is 2.52. The number of aliphatic hydroxyl groups excluding tert-OH is 2. The quantitative estimate of drug-likeness (QED) is 0.587. The van der Waals surface area contributed by atoms with E-state index < -0.39 is 0 Å². The van der Waals surface area contributed by atoms with E-state index in [0.29, 0.717) is 6.54 Å². The third kappa shape index (κ3) is 1.55. The molecule has 1 atom stereocenters. The number of aliphatic hydroxyl groups is 2. The minimum absolute atomic E-state index is 0.150. The molecule has 66 valence electrons. The number of likely N-dealkylation sites (tertiary alicyclic amines) is 1. The molecule has 1 aliphatic rings. The zero-order valence-corrected chi connectivity index (χ0v) is 7.25. The van der Waals surface area contributed by atoms with E-state index in [9.17, 15) is 5.11 Å². The van der Waals surface area contributed by atoms with Crippen LogP contribution >= 0.6 is 0 Å². The van der Waals surface area contributed by atoms with Crippen LogP contribution in [0.1, 0.15) is 20.3 Å². The molecule has 0 radical (unpaired) electrons. The van der Waals surface area contributed by atoms with Crippen molar-refractivity contribution in [1.82, 2.24) is 4.90 Å². The minimum Gasteiger partial charge on any atom is -0.395 e. The van der Waals surface area contributed by atoms with Gasteiger partial charge in [0.05, 0.1) is 12.7 Å². The van der Waals surface area contributed by atoms with Crippen LogP contribution in [0, 0.1) is 0 Å². The summed E-state index contributed by atoms with van der Waals surface area (Å²) in [6.45, 7) is 5.77. The smallest absolute Gasteiger partial charge is 0.0730 e. The van der Waals surface area contributed by atoms with Gasteiger partial charge in [-0.2, -0.15) is 0 Å². The van der Waals surface area contributed by atoms with Gasteiger partial charge in [-0.05, 0) is 20.3 Å². The topological polar surface area (TPSA) is 43.7 Å². The van der Waals surface area contributed by atoms with Crippen molar-refractivity contribution in [3.05, 3.63) is 0 Å². The Morgan fingerprint density at radius 3 is 2.55 bits per heavy atom. The average molecular weight is 159 g/mol. The van der Waals surface area contributed by atoms with Gasteiger partial charge in [-0.3, -0.25) is 4.90 Å². The summed E-state index contributed by atoms with van der Waals surface area (Å²) in [5.74, 6) is 0. The van der Waals surface area contributed by atoms with Crippen molar-refractivity contribution in [2.24, 2.45) is 0 Å². The molecule has 0 aromatic heterocycles. The Balaban J connectivity index is 2.55. The second kappa shape index (κ2) is 3.09. The molecule has 1 aliphatic heterocycles. The third-order valence-electron chi connectivity index (χ3n) is 2.67. The first-order valence-electron chi connectivity index (χ1n) is 4.13. The highest BCUT2D eigenvalue weighted by molar-refractivity contribution is 4.95. The van der Waals surface area contributed by atoms with Gasteiger partial charge in [-0.1, -0.05) is 0 Å². The molecule has 0 spiro atoms. The van der Waals surface area contributed by atoms with Gasteiger partial charge in [-0.15, -0.1) is 0 Å². The summed E-state index contributed by atoms with van der Waals surface area (Å²) in [5.41, 5.74) is -0.150. The van der Waals surface area contributed by atoms with Crippen molar-refractivity contribution in [1.29, 1.82) is 0 Å². The van der Waals surface area contributed by atoms with Crippen LogP contribution in [0.15, 0.2) is 0 Å². The molecule has 1 saturated heterocycles. The van der Waals surface area contributed by atoms with Gasteiger partial charge < -0.3 is 10.2 Å². The van der Waals surface area contributed by atoms with E-state index in [1.165, 1.54) is 0 Å². The monoisotopic (exact) mass is 159 g/mol. The van der Waals surface area contributed by atoms with Crippen molar-refractivity contribution < 1.29 is 10.2 Å². The predicted octanol–water partition coefficient (Wildman–Crippen LogP) is -0.176. The number of nitrogens with zero attached hydrogens (tertiary/aromatic N) is 1. The van der Waals surface area contributed by atoms with Gasteiger partial charge in [-0.25, -0.2) is 0 Å². The lowest BCUT2D eigenvalue weighted by atomic mass is 9.99. The van der Waals surface area contributed by atoms with E-state index in [1.54, 1.807) is 0 Å². The molecule has 0 amide bonds. The second-order valence-corrected chi connectivity index (χ2v) is 3.67. The van der Waals surface area contributed by atoms with Crippen LogP contribution in [0.4, 0.5) is 0 Å². The van der Waals surface area contributed by atoms with Crippen LogP contribution in [0.5, 0.6) is 0 Å². The Hall–Kier alpha value is -0.120. The van der Waals surface area contributed by atoms with E-state index in [-0.39, 0.29) is 18.2 Å². The van der Waals surface area contributed by atoms with Crippen LogP contribution in [-0.4, -0.2) is 46.5 Å². The lowest BCUT2D eigenvalue weighted by Crippen LogP contribution is -2.46. The van der Waals surface area contributed by atoms with Gasteiger partial charge in [0.2, 0.25) is 0 Å². The van der Waals surface area contributed by atoms with E-state index >= 15 is 0 Å². The van der Waals surface area contributed by atoms with Crippen molar-refractivity contribution in [2.75, 3.05) is 19.7 Å². The van der Waals surface area contributed by atoms with Crippen molar-refractivity contribution in [2.45, 2.75) is 31.9 Å². The lowest BCUT2D eigenvalue weighted by molar-refractivity contribution is 0.0458. The summed E-state index contributed by atoms with van der Waals surface area (Å²) in [6.07, 6.45) is 0.585. The van der Waals surface area contributed by atoms with Gasteiger partial charge in [0.15, 0.2) is 0 Å². The summed E-state index contributed by atoms with van der Waals surface area (Å²) in [7, 11) is 0. The maximum absolute atomic E-state index is 9.53. The van der Waals surface area contributed by atoms with E-state index in [2.05, 4.69) is 4.90 Å². The van der Waals surface area contributed by atoms with E-state index in [1.807, 2.05) is 13.8 Å². The van der Waals surface area contributed by atoms with Gasteiger partial charge in [0.25, 0.3) is 0 Å². The molecule has 1 heterocycles. The lowest BCUT2D eigenvalue weighted by Gasteiger charge is -2.33. The number of hydrogen-bond donors (Lipinski definition) is 2. The standard InChI is InChI=1S/C8H17NO2/c1-8(2)7(11)3-4-9(8)5-6-10/h7,10-11H,3-6H2,1-2H3. The van der Waals surface area contributed by atoms with Crippen LogP contribution in [0.2, 0.25) is 0 Å². The molecule has 0 aliphatic carbocycles. The second-order valence-electron chi connectivity index (χ2n) is 3.67. The highest BCUT2D eigenvalue weighted by Gasteiger charge is 2.39. The summed E-state index contributed by atoms with van der Waals surface area (Å²) in [5, 5.41) is 18.3. The largest absolute Gasteiger partial charge is 0.395 e. The Morgan fingerprint density at radius 1 is 1.55 bits per heavy atom. The fraction of sp³-hybridized carbons (Fsp3) is 1.00. The molecular formula is C8H17NO2. The van der Waals surface area contributed by atoms with Crippen LogP contribution < -0.4 is 0 Å². The van der Waals surface area contributed by atoms with Crippen LogP contribution in [0.3, 0.4) is 0 Å². The summed E-state index contributed by atoms with van der Waals surface area (Å²) < 4.78 is 0. The average Bonchev–Trinajstić information content (AvgIpc) is 2.16. The van der Waals surface area contributed by atoms with Gasteiger partial charge in [0, 0.05) is 18.6 Å². The summed E-state index contributed by atoms with van der Waals surface area (Å²) in [6, 6.07) is 0. The molecule has 0 aromatic carbocycles. The molecule has 0 saturated carbocycles. The van der Waals surface area contributed by atoms with E-state index in [4.69, 9.17) is 5.11 Å². The maximum atomic E-state index is 9.53. The summed E-state index contributed by atoms with van der Waals surface area (Å²) in [4.78, 5) is 2.12. The molecule has 3 heteroatoms. The fourth-order valence-electron chi connectivity index (χ4n) is 1.65. The fourth-order valence-corrected chi connectivity index (χ4v) is 1.65. The third-order valence-corrected chi connectivity index (χ3v) is 2.67. The molecule has 1 fully saturated rings. The molecule has 0 aromatic rings. The molecular weight excluding hydrogens is 142 g/mol.